The maximum atomic E-state index is 14.7. The summed E-state index contributed by atoms with van der Waals surface area (Å²) in [7, 11) is 1.19. The number of H-pyrrole nitrogens is 1. The molecule has 0 aliphatic carbocycles. The van der Waals surface area contributed by atoms with Crippen molar-refractivity contribution in [2.45, 2.75) is 30.4 Å². The summed E-state index contributed by atoms with van der Waals surface area (Å²) in [4.78, 5) is 24.6. The number of nitrogens with one attached hydrogen (secondary N) is 1. The summed E-state index contributed by atoms with van der Waals surface area (Å²) in [6.07, 6.45) is -1.53. The fourth-order valence-corrected chi connectivity index (χ4v) is 2.14. The van der Waals surface area contributed by atoms with Crippen LogP contribution in [0, 0.1) is 0 Å². The Labute approximate surface area is 108 Å². The van der Waals surface area contributed by atoms with Crippen LogP contribution in [0.2, 0.25) is 0 Å². The zero-order valence-corrected chi connectivity index (χ0v) is 10.5. The molecule has 3 N–H and O–H groups in total. The average molecular weight is 272 g/mol. The molecular formula is C10H14BFN2O5. The summed E-state index contributed by atoms with van der Waals surface area (Å²) in [6, 6.07) is 1.04. The SMILES string of the molecule is B[C@@]1(O)[C@@H](CO)O[C@@H](n2ccc(=O)[nH]c2=O)[C@]1(C)F. The number of rotatable bonds is 2. The number of ether oxygens (including phenoxy) is 1. The van der Waals surface area contributed by atoms with Gasteiger partial charge in [-0.05, 0) is 6.92 Å². The molecule has 4 atom stereocenters. The summed E-state index contributed by atoms with van der Waals surface area (Å²) in [5.74, 6) is 0. The summed E-state index contributed by atoms with van der Waals surface area (Å²) in [5.41, 5.74) is -5.76. The van der Waals surface area contributed by atoms with E-state index in [1.54, 1.807) is 0 Å². The lowest BCUT2D eigenvalue weighted by molar-refractivity contribution is -0.0613. The molecule has 0 aromatic carbocycles. The highest BCUT2D eigenvalue weighted by Crippen LogP contribution is 2.45. The Morgan fingerprint density at radius 2 is 2.26 bits per heavy atom. The zero-order valence-electron chi connectivity index (χ0n) is 10.5. The van der Waals surface area contributed by atoms with Crippen molar-refractivity contribution in [3.63, 3.8) is 0 Å². The number of aromatic amines is 1. The molecule has 0 bridgehead atoms. The van der Waals surface area contributed by atoms with Gasteiger partial charge in [0.15, 0.2) is 19.7 Å². The van der Waals surface area contributed by atoms with Crippen LogP contribution in [0.4, 0.5) is 4.39 Å². The molecule has 19 heavy (non-hydrogen) atoms. The quantitative estimate of drug-likeness (QED) is 0.515. The van der Waals surface area contributed by atoms with Crippen LogP contribution < -0.4 is 11.2 Å². The number of halogens is 1. The van der Waals surface area contributed by atoms with E-state index in [4.69, 9.17) is 9.84 Å². The van der Waals surface area contributed by atoms with E-state index >= 15 is 0 Å². The number of hydrogen-bond donors (Lipinski definition) is 3. The highest BCUT2D eigenvalue weighted by molar-refractivity contribution is 6.16. The molecule has 1 saturated heterocycles. The first-order valence-corrected chi connectivity index (χ1v) is 5.71. The molecule has 0 spiro atoms. The predicted octanol–water partition coefficient (Wildman–Crippen LogP) is -2.52. The van der Waals surface area contributed by atoms with Gasteiger partial charge in [0.2, 0.25) is 0 Å². The second-order valence-electron chi connectivity index (χ2n) is 4.90. The molecule has 2 rings (SSSR count). The van der Waals surface area contributed by atoms with Crippen molar-refractivity contribution >= 4 is 7.85 Å². The average Bonchev–Trinajstić information content (AvgIpc) is 2.47. The lowest BCUT2D eigenvalue weighted by Gasteiger charge is -2.32. The summed E-state index contributed by atoms with van der Waals surface area (Å²) >= 11 is 0. The predicted molar refractivity (Wildman–Crippen MR) is 65.3 cm³/mol. The molecule has 1 aliphatic heterocycles. The fraction of sp³-hybridized carbons (Fsp3) is 0.600. The maximum Gasteiger partial charge on any atom is 0.330 e. The van der Waals surface area contributed by atoms with Crippen molar-refractivity contribution in [2.24, 2.45) is 0 Å². The highest BCUT2D eigenvalue weighted by atomic mass is 19.1. The Kier molecular flexibility index (Phi) is 3.16. The van der Waals surface area contributed by atoms with Gasteiger partial charge in [-0.15, -0.1) is 0 Å². The van der Waals surface area contributed by atoms with Gasteiger partial charge < -0.3 is 14.9 Å². The molecule has 2 heterocycles. The number of alkyl halides is 1. The number of hydrogen-bond acceptors (Lipinski definition) is 5. The first kappa shape index (κ1) is 14.0. The maximum absolute atomic E-state index is 14.7. The van der Waals surface area contributed by atoms with Gasteiger partial charge in [0.05, 0.1) is 12.1 Å². The van der Waals surface area contributed by atoms with E-state index < -0.39 is 41.4 Å². The second kappa shape index (κ2) is 4.29. The van der Waals surface area contributed by atoms with Crippen molar-refractivity contribution < 1.29 is 19.3 Å². The van der Waals surface area contributed by atoms with Gasteiger partial charge in [-0.2, -0.15) is 0 Å². The fourth-order valence-electron chi connectivity index (χ4n) is 2.14. The minimum absolute atomic E-state index is 0.596. The smallest absolute Gasteiger partial charge is 0.330 e. The van der Waals surface area contributed by atoms with E-state index in [-0.39, 0.29) is 0 Å². The normalized spacial score (nSPS) is 38.5. The summed E-state index contributed by atoms with van der Waals surface area (Å²) in [6.45, 7) is 0.478. The van der Waals surface area contributed by atoms with Crippen molar-refractivity contribution in [1.29, 1.82) is 0 Å². The third kappa shape index (κ3) is 1.94. The lowest BCUT2D eigenvalue weighted by atomic mass is 9.68. The molecule has 0 amide bonds. The minimum atomic E-state index is -2.32. The topological polar surface area (TPSA) is 105 Å². The molecule has 7 nitrogen and oxygen atoms in total. The van der Waals surface area contributed by atoms with Gasteiger partial charge in [0, 0.05) is 12.3 Å². The highest BCUT2D eigenvalue weighted by Gasteiger charge is 2.62. The lowest BCUT2D eigenvalue weighted by Crippen LogP contribution is -2.55. The first-order chi connectivity index (χ1) is 8.71. The van der Waals surface area contributed by atoms with Crippen LogP contribution >= 0.6 is 0 Å². The third-order valence-electron chi connectivity index (χ3n) is 3.64. The summed E-state index contributed by atoms with van der Waals surface area (Å²) in [5, 5.41) is 19.2. The van der Waals surface area contributed by atoms with Gasteiger partial charge in [0.1, 0.15) is 6.10 Å². The molecule has 104 valence electrons. The van der Waals surface area contributed by atoms with E-state index in [9.17, 15) is 19.1 Å². The van der Waals surface area contributed by atoms with E-state index in [1.807, 2.05) is 4.98 Å². The second-order valence-corrected chi connectivity index (χ2v) is 4.90. The van der Waals surface area contributed by atoms with Crippen LogP contribution in [0.15, 0.2) is 21.9 Å². The largest absolute Gasteiger partial charge is 0.394 e. The van der Waals surface area contributed by atoms with Gasteiger partial charge in [0.25, 0.3) is 5.56 Å². The van der Waals surface area contributed by atoms with Crippen LogP contribution in [-0.4, -0.2) is 51.5 Å². The van der Waals surface area contributed by atoms with Gasteiger partial charge >= 0.3 is 5.69 Å². The number of nitrogens with zero attached hydrogens (tertiary/aromatic N) is 1. The van der Waals surface area contributed by atoms with Crippen LogP contribution in [0.25, 0.3) is 0 Å². The molecule has 0 radical (unpaired) electrons. The van der Waals surface area contributed by atoms with E-state index in [0.717, 1.165) is 23.8 Å². The molecule has 0 unspecified atom stereocenters. The number of aliphatic hydroxyl groups excluding tert-OH is 1. The van der Waals surface area contributed by atoms with E-state index in [0.29, 0.717) is 0 Å². The van der Waals surface area contributed by atoms with Gasteiger partial charge in [-0.3, -0.25) is 14.3 Å². The Hall–Kier alpha value is -1.45. The van der Waals surface area contributed by atoms with Crippen molar-refractivity contribution in [3.8, 4) is 0 Å². The van der Waals surface area contributed by atoms with Crippen LogP contribution in [0.1, 0.15) is 13.2 Å². The van der Waals surface area contributed by atoms with Crippen LogP contribution in [0.5, 0.6) is 0 Å². The molecule has 1 aliphatic rings. The molecular weight excluding hydrogens is 258 g/mol. The Bertz CT molecular complexity index is 596. The molecule has 1 aromatic rings. The Morgan fingerprint density at radius 1 is 1.63 bits per heavy atom. The van der Waals surface area contributed by atoms with Crippen LogP contribution in [-0.2, 0) is 4.74 Å². The third-order valence-corrected chi connectivity index (χ3v) is 3.64. The minimum Gasteiger partial charge on any atom is -0.394 e. The summed E-state index contributed by atoms with van der Waals surface area (Å²) < 4.78 is 20.8. The number of aliphatic hydroxyl groups is 2. The molecule has 9 heteroatoms. The van der Waals surface area contributed by atoms with Crippen molar-refractivity contribution in [3.05, 3.63) is 33.1 Å². The Balaban J connectivity index is 2.52. The first-order valence-electron chi connectivity index (χ1n) is 5.71. The van der Waals surface area contributed by atoms with Crippen molar-refractivity contribution in [2.75, 3.05) is 6.61 Å². The van der Waals surface area contributed by atoms with Crippen molar-refractivity contribution in [1.82, 2.24) is 9.55 Å². The number of aromatic nitrogens is 2. The van der Waals surface area contributed by atoms with Gasteiger partial charge in [-0.25, -0.2) is 9.18 Å². The zero-order chi connectivity index (χ0) is 14.4. The molecule has 1 fully saturated rings. The van der Waals surface area contributed by atoms with E-state index in [2.05, 4.69) is 0 Å². The Morgan fingerprint density at radius 3 is 2.74 bits per heavy atom. The standard InChI is InChI=1S/C10H14BFN2O5/c1-9(12)7(19-5(4-15)10(9,11)18)14-3-2-6(16)13-8(14)17/h2-3,5,7,15,18H,4,11H2,1H3,(H,13,16,17)/t5-,7-,9+,10-/m1/s1. The molecule has 0 saturated carbocycles. The molecule has 1 aromatic heterocycles. The monoisotopic (exact) mass is 272 g/mol. The van der Waals surface area contributed by atoms with Gasteiger partial charge in [-0.1, -0.05) is 0 Å². The van der Waals surface area contributed by atoms with Crippen LogP contribution in [0.3, 0.4) is 0 Å². The van der Waals surface area contributed by atoms with E-state index in [1.165, 1.54) is 7.85 Å².